The van der Waals surface area contributed by atoms with E-state index >= 15 is 0 Å². The van der Waals surface area contributed by atoms with Crippen LogP contribution in [0.5, 0.6) is 17.2 Å². The molecule has 2 aromatic rings. The van der Waals surface area contributed by atoms with Gasteiger partial charge in [-0.15, -0.1) is 0 Å². The van der Waals surface area contributed by atoms with E-state index in [0.29, 0.717) is 17.2 Å². The van der Waals surface area contributed by atoms with Crippen molar-refractivity contribution in [3.05, 3.63) is 53.6 Å². The van der Waals surface area contributed by atoms with Crippen molar-refractivity contribution >= 4 is 11.8 Å². The summed E-state index contributed by atoms with van der Waals surface area (Å²) < 4.78 is 15.9. The Morgan fingerprint density at radius 1 is 0.846 bits per heavy atom. The quantitative estimate of drug-likeness (QED) is 0.739. The van der Waals surface area contributed by atoms with Crippen LogP contribution in [-0.2, 0) is 9.59 Å². The van der Waals surface area contributed by atoms with Crippen molar-refractivity contribution in [3.63, 3.8) is 0 Å². The summed E-state index contributed by atoms with van der Waals surface area (Å²) in [5, 5.41) is 0. The molecule has 2 N–H and O–H groups in total. The fraction of sp³-hybridized carbons (Fsp3) is 0.263. The van der Waals surface area contributed by atoms with Gasteiger partial charge in [0.1, 0.15) is 5.75 Å². The first-order chi connectivity index (χ1) is 12.5. The highest BCUT2D eigenvalue weighted by Crippen LogP contribution is 2.25. The van der Waals surface area contributed by atoms with E-state index in [9.17, 15) is 9.59 Å². The van der Waals surface area contributed by atoms with Gasteiger partial charge in [-0.2, -0.15) is 0 Å². The molecule has 0 spiro atoms. The number of para-hydroxylation sites is 2. The summed E-state index contributed by atoms with van der Waals surface area (Å²) in [5.41, 5.74) is 6.51. The van der Waals surface area contributed by atoms with Crippen molar-refractivity contribution in [3.8, 4) is 17.2 Å². The fourth-order valence-corrected chi connectivity index (χ4v) is 2.10. The van der Waals surface area contributed by atoms with E-state index in [4.69, 9.17) is 14.2 Å². The second kappa shape index (κ2) is 9.31. The van der Waals surface area contributed by atoms with Gasteiger partial charge in [0.05, 0.1) is 7.11 Å². The molecule has 138 valence electrons. The lowest BCUT2D eigenvalue weighted by molar-refractivity contribution is -0.131. The van der Waals surface area contributed by atoms with Crippen molar-refractivity contribution in [2.75, 3.05) is 20.3 Å². The highest BCUT2D eigenvalue weighted by molar-refractivity contribution is 5.83. The van der Waals surface area contributed by atoms with Crippen molar-refractivity contribution in [1.82, 2.24) is 10.9 Å². The number of methoxy groups -OCH3 is 1. The first kappa shape index (κ1) is 19.1. The van der Waals surface area contributed by atoms with Gasteiger partial charge in [-0.3, -0.25) is 20.4 Å². The summed E-state index contributed by atoms with van der Waals surface area (Å²) in [6, 6.07) is 12.7. The third-order valence-corrected chi connectivity index (χ3v) is 3.47. The number of hydrazine groups is 1. The molecule has 2 aromatic carbocycles. The Kier molecular flexibility index (Phi) is 6.84. The molecule has 7 heteroatoms. The second-order valence-electron chi connectivity index (χ2n) is 5.59. The third-order valence-electron chi connectivity index (χ3n) is 3.47. The van der Waals surface area contributed by atoms with Gasteiger partial charge < -0.3 is 14.2 Å². The number of hydrogen-bond acceptors (Lipinski definition) is 5. The number of carbonyl (C=O) groups is 2. The van der Waals surface area contributed by atoms with Crippen LogP contribution in [0.2, 0.25) is 0 Å². The lowest BCUT2D eigenvalue weighted by atomic mass is 10.1. The summed E-state index contributed by atoms with van der Waals surface area (Å²) in [6.45, 7) is 3.36. The van der Waals surface area contributed by atoms with E-state index < -0.39 is 11.8 Å². The molecular formula is C19H22N2O5. The van der Waals surface area contributed by atoms with Gasteiger partial charge in [-0.05, 0) is 43.2 Å². The number of rotatable bonds is 7. The van der Waals surface area contributed by atoms with Crippen LogP contribution in [0.1, 0.15) is 11.1 Å². The average molecular weight is 358 g/mol. The first-order valence-corrected chi connectivity index (χ1v) is 8.03. The third kappa shape index (κ3) is 5.70. The van der Waals surface area contributed by atoms with E-state index in [1.807, 2.05) is 32.0 Å². The predicted molar refractivity (Wildman–Crippen MR) is 96.2 cm³/mol. The maximum atomic E-state index is 11.8. The van der Waals surface area contributed by atoms with Crippen LogP contribution in [0.15, 0.2) is 42.5 Å². The summed E-state index contributed by atoms with van der Waals surface area (Å²) in [6.07, 6.45) is 0. The van der Waals surface area contributed by atoms with Crippen LogP contribution in [0.3, 0.4) is 0 Å². The molecule has 0 radical (unpaired) electrons. The molecule has 2 rings (SSSR count). The number of amides is 2. The van der Waals surface area contributed by atoms with E-state index in [0.717, 1.165) is 11.1 Å². The molecule has 0 aliphatic rings. The molecule has 0 aromatic heterocycles. The number of benzene rings is 2. The summed E-state index contributed by atoms with van der Waals surface area (Å²) in [7, 11) is 1.51. The average Bonchev–Trinajstić information content (AvgIpc) is 2.65. The van der Waals surface area contributed by atoms with E-state index in [-0.39, 0.29) is 13.2 Å². The normalized spacial score (nSPS) is 9.96. The van der Waals surface area contributed by atoms with Crippen LogP contribution in [-0.4, -0.2) is 32.1 Å². The van der Waals surface area contributed by atoms with E-state index in [2.05, 4.69) is 10.9 Å². The number of carbonyl (C=O) groups excluding carboxylic acids is 2. The molecule has 2 amide bonds. The molecule has 0 heterocycles. The van der Waals surface area contributed by atoms with Crippen molar-refractivity contribution < 1.29 is 23.8 Å². The Balaban J connectivity index is 1.73. The largest absolute Gasteiger partial charge is 0.493 e. The predicted octanol–water partition coefficient (Wildman–Crippen LogP) is 1.92. The highest BCUT2D eigenvalue weighted by Gasteiger charge is 2.09. The number of hydrogen-bond donors (Lipinski definition) is 2. The number of nitrogens with one attached hydrogen (secondary N) is 2. The number of aryl methyl sites for hydroxylation is 2. The zero-order valence-corrected chi connectivity index (χ0v) is 15.0. The summed E-state index contributed by atoms with van der Waals surface area (Å²) in [4.78, 5) is 23.5. The van der Waals surface area contributed by atoms with Crippen LogP contribution in [0, 0.1) is 13.8 Å². The fourth-order valence-electron chi connectivity index (χ4n) is 2.10. The van der Waals surface area contributed by atoms with Gasteiger partial charge in [0, 0.05) is 0 Å². The smallest absolute Gasteiger partial charge is 0.276 e. The molecule has 0 saturated heterocycles. The van der Waals surface area contributed by atoms with Crippen LogP contribution >= 0.6 is 0 Å². The maximum absolute atomic E-state index is 11.8. The van der Waals surface area contributed by atoms with Gasteiger partial charge in [-0.25, -0.2) is 0 Å². The van der Waals surface area contributed by atoms with Gasteiger partial charge in [0.25, 0.3) is 11.8 Å². The zero-order chi connectivity index (χ0) is 18.9. The second-order valence-corrected chi connectivity index (χ2v) is 5.59. The molecule has 7 nitrogen and oxygen atoms in total. The molecule has 0 fully saturated rings. The molecule has 0 atom stereocenters. The Hall–Kier alpha value is -3.22. The van der Waals surface area contributed by atoms with Gasteiger partial charge >= 0.3 is 0 Å². The Morgan fingerprint density at radius 2 is 1.42 bits per heavy atom. The topological polar surface area (TPSA) is 85.9 Å². The molecule has 0 aliphatic carbocycles. The molecular weight excluding hydrogens is 336 g/mol. The minimum Gasteiger partial charge on any atom is -0.493 e. The minimum atomic E-state index is -0.504. The Bertz CT molecular complexity index is 776. The first-order valence-electron chi connectivity index (χ1n) is 8.03. The highest BCUT2D eigenvalue weighted by atomic mass is 16.5. The van der Waals surface area contributed by atoms with Crippen molar-refractivity contribution in [2.45, 2.75) is 13.8 Å². The van der Waals surface area contributed by atoms with Gasteiger partial charge in [0.15, 0.2) is 24.7 Å². The number of ether oxygens (including phenoxy) is 3. The Labute approximate surface area is 152 Å². The lowest BCUT2D eigenvalue weighted by Gasteiger charge is -2.12. The standard InChI is InChI=1S/C19H22N2O5/c1-13-8-9-14(2)17(10-13)26-12-19(23)21-20-18(22)11-25-16-7-5-4-6-15(16)24-3/h4-10H,11-12H2,1-3H3,(H,20,22)(H,21,23). The summed E-state index contributed by atoms with van der Waals surface area (Å²) in [5.74, 6) is 0.611. The van der Waals surface area contributed by atoms with Gasteiger partial charge in [-0.1, -0.05) is 24.3 Å². The summed E-state index contributed by atoms with van der Waals surface area (Å²) >= 11 is 0. The van der Waals surface area contributed by atoms with Crippen LogP contribution in [0.4, 0.5) is 0 Å². The van der Waals surface area contributed by atoms with Crippen molar-refractivity contribution in [2.24, 2.45) is 0 Å². The van der Waals surface area contributed by atoms with Gasteiger partial charge in [0.2, 0.25) is 0 Å². The Morgan fingerprint density at radius 3 is 2.04 bits per heavy atom. The lowest BCUT2D eigenvalue weighted by Crippen LogP contribution is -2.45. The zero-order valence-electron chi connectivity index (χ0n) is 15.0. The molecule has 0 bridgehead atoms. The SMILES string of the molecule is COc1ccccc1OCC(=O)NNC(=O)COc1cc(C)ccc1C. The van der Waals surface area contributed by atoms with Crippen LogP contribution < -0.4 is 25.1 Å². The molecule has 26 heavy (non-hydrogen) atoms. The monoisotopic (exact) mass is 358 g/mol. The van der Waals surface area contributed by atoms with Crippen LogP contribution in [0.25, 0.3) is 0 Å². The molecule has 0 saturated carbocycles. The van der Waals surface area contributed by atoms with E-state index in [1.54, 1.807) is 24.3 Å². The minimum absolute atomic E-state index is 0.210. The van der Waals surface area contributed by atoms with Crippen molar-refractivity contribution in [1.29, 1.82) is 0 Å². The molecule has 0 unspecified atom stereocenters. The molecule has 0 aliphatic heterocycles. The maximum Gasteiger partial charge on any atom is 0.276 e. The van der Waals surface area contributed by atoms with E-state index in [1.165, 1.54) is 7.11 Å².